The van der Waals surface area contributed by atoms with Gasteiger partial charge in [0.15, 0.2) is 0 Å². The maximum Gasteiger partial charge on any atom is 0.227 e. The van der Waals surface area contributed by atoms with Crippen LogP contribution in [0.15, 0.2) is 24.3 Å². The molecule has 1 aromatic rings. The van der Waals surface area contributed by atoms with Crippen LogP contribution in [0.25, 0.3) is 0 Å². The van der Waals surface area contributed by atoms with Gasteiger partial charge in [0.25, 0.3) is 0 Å². The molecule has 104 valence electrons. The maximum atomic E-state index is 12.1. The molecule has 1 fully saturated rings. The summed E-state index contributed by atoms with van der Waals surface area (Å²) in [5.74, 6) is 0.415. The van der Waals surface area contributed by atoms with Gasteiger partial charge in [0.05, 0.1) is 0 Å². The molecule has 1 saturated carbocycles. The fourth-order valence-corrected chi connectivity index (χ4v) is 2.60. The molecule has 0 aliphatic heterocycles. The van der Waals surface area contributed by atoms with E-state index in [1.165, 1.54) is 18.4 Å². The second-order valence-corrected chi connectivity index (χ2v) is 5.35. The number of hydrogen-bond donors (Lipinski definition) is 2. The summed E-state index contributed by atoms with van der Waals surface area (Å²) in [5, 5.41) is 6.42. The molecule has 0 heterocycles. The monoisotopic (exact) mass is 260 g/mol. The molecule has 3 nitrogen and oxygen atoms in total. The highest BCUT2D eigenvalue weighted by Gasteiger charge is 2.22. The predicted molar refractivity (Wildman–Crippen MR) is 79.0 cm³/mol. The summed E-state index contributed by atoms with van der Waals surface area (Å²) in [5.41, 5.74) is 2.14. The Hall–Kier alpha value is -1.35. The number of amides is 1. The highest BCUT2D eigenvalue weighted by atomic mass is 16.1. The highest BCUT2D eigenvalue weighted by Crippen LogP contribution is 2.26. The summed E-state index contributed by atoms with van der Waals surface area (Å²) in [4.78, 5) is 12.1. The van der Waals surface area contributed by atoms with Crippen molar-refractivity contribution in [3.8, 4) is 0 Å². The quantitative estimate of drug-likeness (QED) is 0.770. The molecule has 2 rings (SSSR count). The van der Waals surface area contributed by atoms with E-state index in [9.17, 15) is 4.79 Å². The van der Waals surface area contributed by atoms with E-state index in [2.05, 4.69) is 29.7 Å². The third kappa shape index (κ3) is 4.35. The first-order valence-corrected chi connectivity index (χ1v) is 7.40. The van der Waals surface area contributed by atoms with Crippen molar-refractivity contribution in [2.24, 2.45) is 5.92 Å². The van der Waals surface area contributed by atoms with Gasteiger partial charge in [-0.3, -0.25) is 4.79 Å². The van der Waals surface area contributed by atoms with Crippen LogP contribution in [-0.2, 0) is 11.3 Å². The van der Waals surface area contributed by atoms with Gasteiger partial charge in [0, 0.05) is 18.2 Å². The fourth-order valence-electron chi connectivity index (χ4n) is 2.60. The number of carbonyl (C=O) groups excluding carboxylic acids is 1. The Balaban J connectivity index is 1.88. The zero-order valence-corrected chi connectivity index (χ0v) is 11.7. The zero-order chi connectivity index (χ0) is 13.5. The lowest BCUT2D eigenvalue weighted by molar-refractivity contribution is -0.119. The molecular formula is C16H24N2O. The van der Waals surface area contributed by atoms with Crippen LogP contribution in [0.4, 0.5) is 5.69 Å². The van der Waals surface area contributed by atoms with Gasteiger partial charge in [0.2, 0.25) is 5.91 Å². The number of rotatable bonds is 6. The van der Waals surface area contributed by atoms with Crippen molar-refractivity contribution < 1.29 is 4.79 Å². The highest BCUT2D eigenvalue weighted by molar-refractivity contribution is 5.92. The van der Waals surface area contributed by atoms with Crippen molar-refractivity contribution in [1.29, 1.82) is 0 Å². The molecule has 0 saturated heterocycles. The number of anilines is 1. The Morgan fingerprint density at radius 2 is 2.11 bits per heavy atom. The van der Waals surface area contributed by atoms with Gasteiger partial charge in [-0.05, 0) is 43.5 Å². The maximum absolute atomic E-state index is 12.1. The molecule has 2 N–H and O–H groups in total. The predicted octanol–water partition coefficient (Wildman–Crippen LogP) is 3.31. The topological polar surface area (TPSA) is 41.1 Å². The molecule has 0 radical (unpaired) electrons. The Bertz CT molecular complexity index is 411. The van der Waals surface area contributed by atoms with Crippen LogP contribution in [-0.4, -0.2) is 12.5 Å². The Morgan fingerprint density at radius 3 is 2.84 bits per heavy atom. The Labute approximate surface area is 115 Å². The molecule has 3 heteroatoms. The fraction of sp³-hybridized carbons (Fsp3) is 0.562. The summed E-state index contributed by atoms with van der Waals surface area (Å²) >= 11 is 0. The molecule has 0 aromatic heterocycles. The standard InChI is InChI=1S/C16H24N2O/c1-2-10-17-12-13-6-5-9-15(11-13)18-16(19)14-7-3-4-8-14/h5-6,9,11,14,17H,2-4,7-8,10,12H2,1H3,(H,18,19). The molecule has 19 heavy (non-hydrogen) atoms. The van der Waals surface area contributed by atoms with Gasteiger partial charge in [-0.15, -0.1) is 0 Å². The minimum absolute atomic E-state index is 0.191. The van der Waals surface area contributed by atoms with Crippen molar-refractivity contribution in [2.45, 2.75) is 45.6 Å². The van der Waals surface area contributed by atoms with E-state index in [0.29, 0.717) is 0 Å². The zero-order valence-electron chi connectivity index (χ0n) is 11.7. The van der Waals surface area contributed by atoms with Crippen molar-refractivity contribution >= 4 is 11.6 Å². The summed E-state index contributed by atoms with van der Waals surface area (Å²) in [6, 6.07) is 8.13. The number of nitrogens with one attached hydrogen (secondary N) is 2. The van der Waals surface area contributed by atoms with Crippen LogP contribution in [0, 0.1) is 5.92 Å². The van der Waals surface area contributed by atoms with E-state index in [1.54, 1.807) is 0 Å². The van der Waals surface area contributed by atoms with Gasteiger partial charge in [-0.25, -0.2) is 0 Å². The third-order valence-corrected chi connectivity index (χ3v) is 3.68. The molecule has 0 unspecified atom stereocenters. The lowest BCUT2D eigenvalue weighted by Crippen LogP contribution is -2.20. The first kappa shape index (κ1) is 14.1. The Morgan fingerprint density at radius 1 is 1.32 bits per heavy atom. The van der Waals surface area contributed by atoms with Crippen LogP contribution < -0.4 is 10.6 Å². The molecule has 0 atom stereocenters. The SMILES string of the molecule is CCCNCc1cccc(NC(=O)C2CCCC2)c1. The van der Waals surface area contributed by atoms with Gasteiger partial charge in [-0.1, -0.05) is 31.9 Å². The molecule has 1 aromatic carbocycles. The van der Waals surface area contributed by atoms with Crippen LogP contribution in [0.3, 0.4) is 0 Å². The number of carbonyl (C=O) groups is 1. The summed E-state index contributed by atoms with van der Waals surface area (Å²) < 4.78 is 0. The minimum atomic E-state index is 0.191. The van der Waals surface area contributed by atoms with E-state index in [1.807, 2.05) is 12.1 Å². The normalized spacial score (nSPS) is 15.6. The van der Waals surface area contributed by atoms with Crippen LogP contribution >= 0.6 is 0 Å². The van der Waals surface area contributed by atoms with Crippen LogP contribution in [0.2, 0.25) is 0 Å². The average Bonchev–Trinajstić information content (AvgIpc) is 2.93. The molecule has 0 spiro atoms. The second-order valence-electron chi connectivity index (χ2n) is 5.35. The molecular weight excluding hydrogens is 236 g/mol. The smallest absolute Gasteiger partial charge is 0.227 e. The lowest BCUT2D eigenvalue weighted by atomic mass is 10.1. The molecule has 1 aliphatic rings. The first-order valence-electron chi connectivity index (χ1n) is 7.40. The van der Waals surface area contributed by atoms with Crippen molar-refractivity contribution in [3.63, 3.8) is 0 Å². The van der Waals surface area contributed by atoms with E-state index in [-0.39, 0.29) is 11.8 Å². The largest absolute Gasteiger partial charge is 0.326 e. The molecule has 0 bridgehead atoms. The van der Waals surface area contributed by atoms with Crippen molar-refractivity contribution in [3.05, 3.63) is 29.8 Å². The molecule has 1 amide bonds. The summed E-state index contributed by atoms with van der Waals surface area (Å²) in [6.45, 7) is 4.05. The van der Waals surface area contributed by atoms with Crippen LogP contribution in [0.5, 0.6) is 0 Å². The summed E-state index contributed by atoms with van der Waals surface area (Å²) in [7, 11) is 0. The van der Waals surface area contributed by atoms with Gasteiger partial charge in [0.1, 0.15) is 0 Å². The first-order chi connectivity index (χ1) is 9.29. The minimum Gasteiger partial charge on any atom is -0.326 e. The van der Waals surface area contributed by atoms with E-state index >= 15 is 0 Å². The second kappa shape index (κ2) is 7.29. The number of hydrogen-bond acceptors (Lipinski definition) is 2. The van der Waals surface area contributed by atoms with Gasteiger partial charge >= 0.3 is 0 Å². The average molecular weight is 260 g/mol. The van der Waals surface area contributed by atoms with Crippen molar-refractivity contribution in [1.82, 2.24) is 5.32 Å². The van der Waals surface area contributed by atoms with Crippen LogP contribution in [0.1, 0.15) is 44.6 Å². The lowest BCUT2D eigenvalue weighted by Gasteiger charge is -2.11. The van der Waals surface area contributed by atoms with Gasteiger partial charge in [-0.2, -0.15) is 0 Å². The molecule has 1 aliphatic carbocycles. The summed E-state index contributed by atoms with van der Waals surface area (Å²) in [6.07, 6.45) is 5.61. The Kier molecular flexibility index (Phi) is 5.40. The van der Waals surface area contributed by atoms with E-state index in [0.717, 1.165) is 38.0 Å². The number of benzene rings is 1. The van der Waals surface area contributed by atoms with Crippen molar-refractivity contribution in [2.75, 3.05) is 11.9 Å². The van der Waals surface area contributed by atoms with Gasteiger partial charge < -0.3 is 10.6 Å². The van der Waals surface area contributed by atoms with E-state index < -0.39 is 0 Å². The third-order valence-electron chi connectivity index (χ3n) is 3.68. The van der Waals surface area contributed by atoms with E-state index in [4.69, 9.17) is 0 Å².